The molecular formula is C8H12O. The molecule has 0 aromatic heterocycles. The van der Waals surface area contributed by atoms with Crippen LogP contribution in [-0.2, 0) is 4.74 Å². The highest BCUT2D eigenvalue weighted by Crippen LogP contribution is 1.89. The molecule has 0 radical (unpaired) electrons. The van der Waals surface area contributed by atoms with Crippen molar-refractivity contribution in [3.8, 4) is 12.3 Å². The lowest BCUT2D eigenvalue weighted by molar-refractivity contribution is 0.196. The van der Waals surface area contributed by atoms with E-state index in [0.29, 0.717) is 0 Å². The fraction of sp³-hybridized carbons (Fsp3) is 0.500. The molecule has 0 bridgehead atoms. The van der Waals surface area contributed by atoms with Crippen molar-refractivity contribution >= 4 is 0 Å². The van der Waals surface area contributed by atoms with Gasteiger partial charge in [0, 0.05) is 13.7 Å². The van der Waals surface area contributed by atoms with E-state index < -0.39 is 0 Å². The van der Waals surface area contributed by atoms with E-state index in [4.69, 9.17) is 11.2 Å². The Labute approximate surface area is 56.7 Å². The highest BCUT2D eigenvalue weighted by Gasteiger charge is 1.78. The third-order valence-electron chi connectivity index (χ3n) is 0.933. The van der Waals surface area contributed by atoms with Crippen LogP contribution in [0.4, 0.5) is 0 Å². The summed E-state index contributed by atoms with van der Waals surface area (Å²) in [5.41, 5.74) is 0. The Kier molecular flexibility index (Phi) is 6.66. The van der Waals surface area contributed by atoms with Crippen LogP contribution in [0.3, 0.4) is 0 Å². The summed E-state index contributed by atoms with van der Waals surface area (Å²) in [4.78, 5) is 0. The first-order valence-corrected chi connectivity index (χ1v) is 3.02. The van der Waals surface area contributed by atoms with E-state index in [0.717, 1.165) is 19.4 Å². The van der Waals surface area contributed by atoms with Gasteiger partial charge in [0.15, 0.2) is 0 Å². The van der Waals surface area contributed by atoms with E-state index in [1.54, 1.807) is 13.2 Å². The Balaban J connectivity index is 2.93. The van der Waals surface area contributed by atoms with E-state index in [-0.39, 0.29) is 0 Å². The summed E-state index contributed by atoms with van der Waals surface area (Å²) in [6.45, 7) is 0.814. The van der Waals surface area contributed by atoms with Gasteiger partial charge in [-0.2, -0.15) is 0 Å². The van der Waals surface area contributed by atoms with Crippen LogP contribution >= 0.6 is 0 Å². The van der Waals surface area contributed by atoms with Gasteiger partial charge in [-0.3, -0.25) is 0 Å². The molecule has 0 rings (SSSR count). The van der Waals surface area contributed by atoms with Gasteiger partial charge in [0.1, 0.15) is 0 Å². The number of hydrogen-bond acceptors (Lipinski definition) is 1. The molecule has 0 amide bonds. The molecule has 50 valence electrons. The number of methoxy groups -OCH3 is 1. The summed E-state index contributed by atoms with van der Waals surface area (Å²) in [5, 5.41) is 0. The molecule has 1 nitrogen and oxygen atoms in total. The summed E-state index contributed by atoms with van der Waals surface area (Å²) in [6.07, 6.45) is 10.7. The molecule has 0 fully saturated rings. The largest absolute Gasteiger partial charge is 0.385 e. The molecule has 0 N–H and O–H groups in total. The standard InChI is InChI=1S/C8H12O/c1-3-4-5-6-7-8-9-2/h1,4-5H,6-8H2,2H3. The molecule has 0 heterocycles. The SMILES string of the molecule is C#CC=CCCCOC. The summed E-state index contributed by atoms with van der Waals surface area (Å²) in [6, 6.07) is 0. The molecule has 1 heteroatoms. The van der Waals surface area contributed by atoms with Gasteiger partial charge in [-0.1, -0.05) is 12.0 Å². The minimum absolute atomic E-state index is 0.814. The van der Waals surface area contributed by atoms with Crippen LogP contribution in [0, 0.1) is 12.3 Å². The Morgan fingerprint density at radius 3 is 3.00 bits per heavy atom. The van der Waals surface area contributed by atoms with E-state index in [2.05, 4.69) is 5.92 Å². The smallest absolute Gasteiger partial charge is 0.0465 e. The first kappa shape index (κ1) is 8.26. The Bertz CT molecular complexity index is 108. The van der Waals surface area contributed by atoms with Crippen LogP contribution in [0.5, 0.6) is 0 Å². The average Bonchev–Trinajstić information content (AvgIpc) is 1.89. The normalized spacial score (nSPS) is 9.78. The van der Waals surface area contributed by atoms with Crippen molar-refractivity contribution in [1.29, 1.82) is 0 Å². The quantitative estimate of drug-likeness (QED) is 0.408. The first-order chi connectivity index (χ1) is 4.41. The summed E-state index contributed by atoms with van der Waals surface area (Å²) >= 11 is 0. The molecular weight excluding hydrogens is 112 g/mol. The molecule has 0 saturated carbocycles. The van der Waals surface area contributed by atoms with Gasteiger partial charge >= 0.3 is 0 Å². The van der Waals surface area contributed by atoms with Gasteiger partial charge in [0.2, 0.25) is 0 Å². The molecule has 0 aromatic rings. The maximum absolute atomic E-state index is 4.98. The monoisotopic (exact) mass is 124 g/mol. The zero-order valence-electron chi connectivity index (χ0n) is 5.76. The van der Waals surface area contributed by atoms with Crippen molar-refractivity contribution < 1.29 is 4.74 Å². The second-order valence-corrected chi connectivity index (χ2v) is 1.70. The van der Waals surface area contributed by atoms with Gasteiger partial charge in [-0.15, -0.1) is 6.42 Å². The van der Waals surface area contributed by atoms with Crippen LogP contribution in [-0.4, -0.2) is 13.7 Å². The van der Waals surface area contributed by atoms with Crippen LogP contribution < -0.4 is 0 Å². The highest BCUT2D eigenvalue weighted by molar-refractivity contribution is 5.08. The molecule has 0 unspecified atom stereocenters. The topological polar surface area (TPSA) is 9.23 Å². The number of rotatable bonds is 4. The summed E-state index contributed by atoms with van der Waals surface area (Å²) in [5.74, 6) is 2.42. The van der Waals surface area contributed by atoms with Crippen molar-refractivity contribution in [2.75, 3.05) is 13.7 Å². The van der Waals surface area contributed by atoms with Crippen LogP contribution in [0.15, 0.2) is 12.2 Å². The zero-order chi connectivity index (χ0) is 6.95. The van der Waals surface area contributed by atoms with Gasteiger partial charge in [-0.25, -0.2) is 0 Å². The van der Waals surface area contributed by atoms with Crippen LogP contribution in [0.2, 0.25) is 0 Å². The molecule has 0 aromatic carbocycles. The lowest BCUT2D eigenvalue weighted by Gasteiger charge is -1.91. The van der Waals surface area contributed by atoms with Gasteiger partial charge in [-0.05, 0) is 18.9 Å². The minimum Gasteiger partial charge on any atom is -0.385 e. The third-order valence-corrected chi connectivity index (χ3v) is 0.933. The molecule has 0 aliphatic heterocycles. The lowest BCUT2D eigenvalue weighted by atomic mass is 10.3. The second kappa shape index (κ2) is 7.26. The maximum atomic E-state index is 4.98. The summed E-state index contributed by atoms with van der Waals surface area (Å²) in [7, 11) is 1.70. The summed E-state index contributed by atoms with van der Waals surface area (Å²) < 4.78 is 4.84. The average molecular weight is 124 g/mol. The third kappa shape index (κ3) is 7.26. The van der Waals surface area contributed by atoms with Crippen molar-refractivity contribution in [3.63, 3.8) is 0 Å². The number of allylic oxidation sites excluding steroid dienone is 2. The number of terminal acetylenes is 1. The van der Waals surface area contributed by atoms with Gasteiger partial charge in [0.25, 0.3) is 0 Å². The van der Waals surface area contributed by atoms with Gasteiger partial charge in [0.05, 0.1) is 0 Å². The molecule has 0 spiro atoms. The minimum atomic E-state index is 0.814. The van der Waals surface area contributed by atoms with E-state index >= 15 is 0 Å². The van der Waals surface area contributed by atoms with Crippen LogP contribution in [0.1, 0.15) is 12.8 Å². The molecule has 0 aliphatic carbocycles. The molecule has 0 atom stereocenters. The van der Waals surface area contributed by atoms with Crippen molar-refractivity contribution in [2.24, 2.45) is 0 Å². The predicted molar refractivity (Wildman–Crippen MR) is 39.1 cm³/mol. The fourth-order valence-electron chi connectivity index (χ4n) is 0.497. The number of unbranched alkanes of at least 4 members (excludes halogenated alkanes) is 1. The molecule has 9 heavy (non-hydrogen) atoms. The van der Waals surface area contributed by atoms with Crippen molar-refractivity contribution in [2.45, 2.75) is 12.8 Å². The van der Waals surface area contributed by atoms with E-state index in [1.807, 2.05) is 6.08 Å². The van der Waals surface area contributed by atoms with E-state index in [1.165, 1.54) is 0 Å². The highest BCUT2D eigenvalue weighted by atomic mass is 16.5. The van der Waals surface area contributed by atoms with Crippen molar-refractivity contribution in [3.05, 3.63) is 12.2 Å². The Morgan fingerprint density at radius 2 is 2.44 bits per heavy atom. The zero-order valence-corrected chi connectivity index (χ0v) is 5.76. The predicted octanol–water partition coefficient (Wildman–Crippen LogP) is 1.60. The Hall–Kier alpha value is -0.740. The fourth-order valence-corrected chi connectivity index (χ4v) is 0.497. The van der Waals surface area contributed by atoms with Crippen LogP contribution in [0.25, 0.3) is 0 Å². The first-order valence-electron chi connectivity index (χ1n) is 3.02. The lowest BCUT2D eigenvalue weighted by Crippen LogP contribution is -1.85. The molecule has 0 aliphatic rings. The number of hydrogen-bond donors (Lipinski definition) is 0. The Morgan fingerprint density at radius 1 is 1.67 bits per heavy atom. The van der Waals surface area contributed by atoms with E-state index in [9.17, 15) is 0 Å². The maximum Gasteiger partial charge on any atom is 0.0465 e. The molecule has 0 saturated heterocycles. The second-order valence-electron chi connectivity index (χ2n) is 1.70. The number of ether oxygens (including phenoxy) is 1. The van der Waals surface area contributed by atoms with Gasteiger partial charge < -0.3 is 4.74 Å². The van der Waals surface area contributed by atoms with Crippen molar-refractivity contribution in [1.82, 2.24) is 0 Å².